The Morgan fingerprint density at radius 2 is 1.92 bits per heavy atom. The second-order valence-electron chi connectivity index (χ2n) is 7.67. The van der Waals surface area contributed by atoms with Crippen LogP contribution >= 0.6 is 0 Å². The largest absolute Gasteiger partial charge is 0.573 e. The summed E-state index contributed by atoms with van der Waals surface area (Å²) in [7, 11) is 0. The van der Waals surface area contributed by atoms with Crippen molar-refractivity contribution in [2.45, 2.75) is 46.6 Å². The molecular formula is C26H30F3N5O4. The summed E-state index contributed by atoms with van der Waals surface area (Å²) in [6.45, 7) is 8.69. The van der Waals surface area contributed by atoms with Crippen molar-refractivity contribution in [3.63, 3.8) is 0 Å². The molecule has 204 valence electrons. The van der Waals surface area contributed by atoms with E-state index in [0.29, 0.717) is 23.6 Å². The van der Waals surface area contributed by atoms with Crippen LogP contribution in [0.4, 0.5) is 30.7 Å². The Morgan fingerprint density at radius 3 is 2.58 bits per heavy atom. The number of aromatic nitrogens is 3. The van der Waals surface area contributed by atoms with E-state index in [0.717, 1.165) is 17.8 Å². The summed E-state index contributed by atoms with van der Waals surface area (Å²) in [4.78, 5) is 4.40. The highest BCUT2D eigenvalue weighted by Gasteiger charge is 2.31. The van der Waals surface area contributed by atoms with Gasteiger partial charge in [-0.1, -0.05) is 31.9 Å². The minimum absolute atomic E-state index is 0.0629. The molecule has 0 saturated carbocycles. The Bertz CT molecular complexity index is 1230. The SMILES string of the molecule is CC.CC/C=C(\C=C1\OCOC1C)CNc1ncccc1-c1nnc(Nc2ccc(OC(F)(F)F)cc2)o1. The fourth-order valence-corrected chi connectivity index (χ4v) is 3.34. The number of anilines is 3. The van der Waals surface area contributed by atoms with Crippen LogP contribution in [0.2, 0.25) is 0 Å². The number of pyridine rings is 1. The first kappa shape index (κ1) is 28.5. The number of halogens is 3. The number of nitrogens with one attached hydrogen (secondary N) is 2. The minimum Gasteiger partial charge on any atom is -0.469 e. The van der Waals surface area contributed by atoms with Gasteiger partial charge >= 0.3 is 12.4 Å². The van der Waals surface area contributed by atoms with Crippen molar-refractivity contribution in [2.75, 3.05) is 24.0 Å². The van der Waals surface area contributed by atoms with Crippen LogP contribution in [0.3, 0.4) is 0 Å². The second-order valence-corrected chi connectivity index (χ2v) is 7.67. The topological polar surface area (TPSA) is 104 Å². The molecule has 1 saturated heterocycles. The van der Waals surface area contributed by atoms with Gasteiger partial charge in [0.05, 0.1) is 5.56 Å². The van der Waals surface area contributed by atoms with Crippen LogP contribution in [0.25, 0.3) is 11.5 Å². The molecule has 1 unspecified atom stereocenters. The molecule has 38 heavy (non-hydrogen) atoms. The Labute approximate surface area is 218 Å². The number of hydrogen-bond acceptors (Lipinski definition) is 9. The van der Waals surface area contributed by atoms with Gasteiger partial charge in [0.1, 0.15) is 23.4 Å². The highest BCUT2D eigenvalue weighted by Crippen LogP contribution is 2.29. The summed E-state index contributed by atoms with van der Waals surface area (Å²) >= 11 is 0. The third kappa shape index (κ3) is 8.23. The molecule has 1 aliphatic rings. The normalized spacial score (nSPS) is 16.4. The van der Waals surface area contributed by atoms with Crippen LogP contribution in [-0.2, 0) is 9.47 Å². The van der Waals surface area contributed by atoms with Crippen LogP contribution in [0.5, 0.6) is 5.75 Å². The highest BCUT2D eigenvalue weighted by molar-refractivity contribution is 5.69. The van der Waals surface area contributed by atoms with Gasteiger partial charge in [-0.3, -0.25) is 0 Å². The predicted octanol–water partition coefficient (Wildman–Crippen LogP) is 6.83. The Hall–Kier alpha value is -4.06. The number of benzene rings is 1. The van der Waals surface area contributed by atoms with Gasteiger partial charge in [0.15, 0.2) is 6.79 Å². The maximum absolute atomic E-state index is 12.3. The third-order valence-electron chi connectivity index (χ3n) is 5.00. The van der Waals surface area contributed by atoms with Gasteiger partial charge in [-0.15, -0.1) is 18.3 Å². The molecule has 0 radical (unpaired) electrons. The van der Waals surface area contributed by atoms with E-state index in [4.69, 9.17) is 13.9 Å². The van der Waals surface area contributed by atoms with Crippen molar-refractivity contribution in [3.8, 4) is 17.2 Å². The number of alkyl halides is 3. The Morgan fingerprint density at radius 1 is 1.16 bits per heavy atom. The van der Waals surface area contributed by atoms with Gasteiger partial charge in [0.2, 0.25) is 0 Å². The van der Waals surface area contributed by atoms with Crippen molar-refractivity contribution >= 4 is 17.5 Å². The summed E-state index contributed by atoms with van der Waals surface area (Å²) in [5.74, 6) is 1.19. The fourth-order valence-electron chi connectivity index (χ4n) is 3.34. The molecule has 12 heteroatoms. The van der Waals surface area contributed by atoms with E-state index < -0.39 is 6.36 Å². The quantitative estimate of drug-likeness (QED) is 0.306. The molecule has 0 aliphatic carbocycles. The molecule has 0 spiro atoms. The number of nitrogens with zero attached hydrogens (tertiary/aromatic N) is 3. The molecule has 1 atom stereocenters. The predicted molar refractivity (Wildman–Crippen MR) is 137 cm³/mol. The number of ether oxygens (including phenoxy) is 3. The lowest BCUT2D eigenvalue weighted by Crippen LogP contribution is -2.16. The number of allylic oxidation sites excluding steroid dienone is 1. The molecule has 1 aliphatic heterocycles. The summed E-state index contributed by atoms with van der Waals surface area (Å²) in [5, 5.41) is 14.2. The first-order valence-electron chi connectivity index (χ1n) is 12.1. The van der Waals surface area contributed by atoms with Gasteiger partial charge < -0.3 is 29.3 Å². The molecule has 2 aromatic heterocycles. The van der Waals surface area contributed by atoms with Crippen LogP contribution < -0.4 is 15.4 Å². The van der Waals surface area contributed by atoms with Crippen molar-refractivity contribution < 1.29 is 31.8 Å². The van der Waals surface area contributed by atoms with Gasteiger partial charge in [-0.2, -0.15) is 0 Å². The molecule has 2 N–H and O–H groups in total. The zero-order valence-corrected chi connectivity index (χ0v) is 21.5. The van der Waals surface area contributed by atoms with E-state index in [1.54, 1.807) is 18.3 Å². The smallest absolute Gasteiger partial charge is 0.469 e. The lowest BCUT2D eigenvalue weighted by molar-refractivity contribution is -0.274. The van der Waals surface area contributed by atoms with Crippen molar-refractivity contribution in [3.05, 3.63) is 66.1 Å². The lowest BCUT2D eigenvalue weighted by atomic mass is 10.1. The van der Waals surface area contributed by atoms with Crippen LogP contribution in [0.1, 0.15) is 34.1 Å². The van der Waals surface area contributed by atoms with Crippen LogP contribution in [0.15, 0.2) is 70.5 Å². The molecule has 9 nitrogen and oxygen atoms in total. The second kappa shape index (κ2) is 13.5. The average Bonchev–Trinajstić information content (AvgIpc) is 3.53. The van der Waals surface area contributed by atoms with E-state index in [1.807, 2.05) is 33.8 Å². The van der Waals surface area contributed by atoms with Gasteiger partial charge in [-0.25, -0.2) is 4.98 Å². The van der Waals surface area contributed by atoms with E-state index in [2.05, 4.69) is 36.6 Å². The van der Waals surface area contributed by atoms with Crippen molar-refractivity contribution in [1.82, 2.24) is 15.2 Å². The number of hydrogen-bond donors (Lipinski definition) is 2. The minimum atomic E-state index is -4.76. The monoisotopic (exact) mass is 533 g/mol. The Balaban J connectivity index is 0.00000195. The molecule has 1 aromatic carbocycles. The molecule has 3 aromatic rings. The molecule has 4 rings (SSSR count). The summed E-state index contributed by atoms with van der Waals surface area (Å²) < 4.78 is 57.5. The standard InChI is InChI=1S/C24H24F3N5O4.C2H6/c1-3-5-16(12-20-15(2)33-14-34-20)13-29-21-19(6-4-11-28-21)22-31-32-23(35-22)30-17-7-9-18(10-8-17)36-24(25,26)27;1-2/h4-12,15H,3,13-14H2,1-2H3,(H,28,29)(H,30,32);1-2H3/b16-5+,20-12+;. The van der Waals surface area contributed by atoms with E-state index in [9.17, 15) is 13.2 Å². The zero-order valence-electron chi connectivity index (χ0n) is 21.5. The van der Waals surface area contributed by atoms with Crippen LogP contribution in [-0.4, -0.2) is 41.0 Å². The van der Waals surface area contributed by atoms with Gasteiger partial charge in [0.25, 0.3) is 5.89 Å². The third-order valence-corrected chi connectivity index (χ3v) is 5.00. The first-order chi connectivity index (χ1) is 18.3. The summed E-state index contributed by atoms with van der Waals surface area (Å²) in [6.07, 6.45) is 1.66. The highest BCUT2D eigenvalue weighted by atomic mass is 19.4. The zero-order chi connectivity index (χ0) is 27.5. The first-order valence-corrected chi connectivity index (χ1v) is 12.1. The van der Waals surface area contributed by atoms with E-state index in [1.165, 1.54) is 24.3 Å². The molecule has 3 heterocycles. The van der Waals surface area contributed by atoms with E-state index >= 15 is 0 Å². The molecule has 0 bridgehead atoms. The summed E-state index contributed by atoms with van der Waals surface area (Å²) in [6, 6.07) is 8.75. The number of rotatable bonds is 9. The Kier molecular flexibility index (Phi) is 10.1. The maximum Gasteiger partial charge on any atom is 0.573 e. The van der Waals surface area contributed by atoms with Gasteiger partial charge in [0, 0.05) is 18.4 Å². The van der Waals surface area contributed by atoms with Gasteiger partial charge in [-0.05, 0) is 61.4 Å². The van der Waals surface area contributed by atoms with E-state index in [-0.39, 0.29) is 30.6 Å². The van der Waals surface area contributed by atoms with Crippen LogP contribution in [0, 0.1) is 0 Å². The molecular weight excluding hydrogens is 503 g/mol. The van der Waals surface area contributed by atoms with Crippen molar-refractivity contribution in [2.24, 2.45) is 0 Å². The fraction of sp³-hybridized carbons (Fsp3) is 0.346. The lowest BCUT2D eigenvalue weighted by Gasteiger charge is -2.11. The average molecular weight is 534 g/mol. The maximum atomic E-state index is 12.3. The molecule has 1 fully saturated rings. The molecule has 0 amide bonds. The summed E-state index contributed by atoms with van der Waals surface area (Å²) in [5.41, 5.74) is 2.04. The van der Waals surface area contributed by atoms with Crippen molar-refractivity contribution in [1.29, 1.82) is 0 Å².